The van der Waals surface area contributed by atoms with Crippen molar-refractivity contribution in [3.8, 4) is 11.3 Å². The summed E-state index contributed by atoms with van der Waals surface area (Å²) < 4.78 is 0. The van der Waals surface area contributed by atoms with Crippen molar-refractivity contribution in [2.24, 2.45) is 0 Å². The number of aromatic amines is 1. The fraction of sp³-hybridized carbons (Fsp3) is 0. The summed E-state index contributed by atoms with van der Waals surface area (Å²) in [6.07, 6.45) is 5.47. The maximum absolute atomic E-state index is 4.47. The molecule has 90 valence electrons. The van der Waals surface area contributed by atoms with Crippen LogP contribution in [0, 0.1) is 0 Å². The number of pyridine rings is 2. The second kappa shape index (κ2) is 3.92. The predicted molar refractivity (Wildman–Crippen MR) is 76.8 cm³/mol. The van der Waals surface area contributed by atoms with Crippen LogP contribution in [0.5, 0.6) is 0 Å². The highest BCUT2D eigenvalue weighted by atomic mass is 14.8. The van der Waals surface area contributed by atoms with Crippen molar-refractivity contribution in [1.29, 1.82) is 0 Å². The number of hydrogen-bond donors (Lipinski definition) is 1. The maximum atomic E-state index is 4.47. The van der Waals surface area contributed by atoms with Gasteiger partial charge in [0.05, 0.1) is 11.0 Å². The second-order valence-corrected chi connectivity index (χ2v) is 4.53. The van der Waals surface area contributed by atoms with E-state index in [0.29, 0.717) is 0 Å². The first kappa shape index (κ1) is 10.3. The molecule has 1 aromatic carbocycles. The van der Waals surface area contributed by atoms with E-state index in [0.717, 1.165) is 27.7 Å². The van der Waals surface area contributed by atoms with E-state index >= 15 is 0 Å². The zero-order chi connectivity index (χ0) is 12.7. The first-order chi connectivity index (χ1) is 9.42. The van der Waals surface area contributed by atoms with Crippen LogP contribution in [0.1, 0.15) is 0 Å². The normalized spacial score (nSPS) is 11.2. The van der Waals surface area contributed by atoms with Gasteiger partial charge in [0.1, 0.15) is 0 Å². The smallest absolute Gasteiger partial charge is 0.0942 e. The molecule has 0 amide bonds. The lowest BCUT2D eigenvalue weighted by Gasteiger charge is -1.97. The molecule has 0 atom stereocenters. The van der Waals surface area contributed by atoms with Gasteiger partial charge in [-0.3, -0.25) is 9.97 Å². The quantitative estimate of drug-likeness (QED) is 0.554. The Hall–Kier alpha value is -2.68. The second-order valence-electron chi connectivity index (χ2n) is 4.53. The van der Waals surface area contributed by atoms with Gasteiger partial charge in [-0.25, -0.2) is 0 Å². The molecule has 0 saturated carbocycles. The molecule has 1 N–H and O–H groups in total. The van der Waals surface area contributed by atoms with Crippen LogP contribution >= 0.6 is 0 Å². The Morgan fingerprint density at radius 1 is 0.895 bits per heavy atom. The molecule has 0 spiro atoms. The maximum Gasteiger partial charge on any atom is 0.0942 e. The number of hydrogen-bond acceptors (Lipinski definition) is 2. The summed E-state index contributed by atoms with van der Waals surface area (Å²) in [6.45, 7) is 0. The van der Waals surface area contributed by atoms with E-state index in [4.69, 9.17) is 0 Å². The van der Waals surface area contributed by atoms with E-state index in [1.165, 1.54) is 5.39 Å². The van der Waals surface area contributed by atoms with Crippen molar-refractivity contribution >= 4 is 21.8 Å². The fourth-order valence-corrected chi connectivity index (χ4v) is 2.42. The molecule has 3 aromatic heterocycles. The molecule has 4 aromatic rings. The van der Waals surface area contributed by atoms with E-state index < -0.39 is 0 Å². The van der Waals surface area contributed by atoms with Crippen LogP contribution in [0.15, 0.2) is 61.1 Å². The van der Waals surface area contributed by atoms with Crippen LogP contribution in [0.25, 0.3) is 33.1 Å². The molecule has 0 aliphatic rings. The zero-order valence-electron chi connectivity index (χ0n) is 10.2. The highest BCUT2D eigenvalue weighted by Gasteiger charge is 2.06. The first-order valence-corrected chi connectivity index (χ1v) is 6.19. The van der Waals surface area contributed by atoms with Gasteiger partial charge in [0.25, 0.3) is 0 Å². The van der Waals surface area contributed by atoms with Gasteiger partial charge in [0.15, 0.2) is 0 Å². The lowest BCUT2D eigenvalue weighted by atomic mass is 10.1. The lowest BCUT2D eigenvalue weighted by Crippen LogP contribution is -1.80. The van der Waals surface area contributed by atoms with Crippen molar-refractivity contribution < 1.29 is 0 Å². The van der Waals surface area contributed by atoms with Crippen LogP contribution in [0.2, 0.25) is 0 Å². The number of nitrogens with zero attached hydrogens (tertiary/aromatic N) is 2. The largest absolute Gasteiger partial charge is 0.353 e. The minimum atomic E-state index is 1.01. The third-order valence-corrected chi connectivity index (χ3v) is 3.34. The van der Waals surface area contributed by atoms with Gasteiger partial charge in [-0.05, 0) is 24.3 Å². The molecule has 0 aliphatic carbocycles. The Kier molecular flexibility index (Phi) is 2.12. The Bertz CT molecular complexity index is 863. The van der Waals surface area contributed by atoms with E-state index in [9.17, 15) is 0 Å². The minimum absolute atomic E-state index is 1.01. The first-order valence-electron chi connectivity index (χ1n) is 6.19. The molecule has 0 fully saturated rings. The van der Waals surface area contributed by atoms with Gasteiger partial charge in [-0.15, -0.1) is 0 Å². The van der Waals surface area contributed by atoms with Gasteiger partial charge in [-0.1, -0.05) is 18.2 Å². The number of aromatic nitrogens is 3. The highest BCUT2D eigenvalue weighted by molar-refractivity contribution is 6.04. The number of fused-ring (bicyclic) bond motifs is 3. The molecule has 3 heteroatoms. The summed E-state index contributed by atoms with van der Waals surface area (Å²) in [4.78, 5) is 12.1. The average Bonchev–Trinajstić information content (AvgIpc) is 2.93. The fourth-order valence-electron chi connectivity index (χ4n) is 2.42. The van der Waals surface area contributed by atoms with Gasteiger partial charge in [0.2, 0.25) is 0 Å². The van der Waals surface area contributed by atoms with Gasteiger partial charge < -0.3 is 4.98 Å². The van der Waals surface area contributed by atoms with Crippen molar-refractivity contribution in [2.45, 2.75) is 0 Å². The molecule has 4 rings (SSSR count). The predicted octanol–water partition coefficient (Wildman–Crippen LogP) is 3.78. The Balaban J connectivity index is 2.04. The molecule has 3 heterocycles. The SMILES string of the molecule is c1cncc(-c2cc3ccc4cccnc4c3[nH]2)c1. The van der Waals surface area contributed by atoms with Crippen LogP contribution in [0.3, 0.4) is 0 Å². The van der Waals surface area contributed by atoms with Crippen LogP contribution < -0.4 is 0 Å². The standard InChI is InChI=1S/C16H11N3/c1-4-13(10-17-7-1)14-9-12-6-5-11-3-2-8-18-15(11)16(12)19-14/h1-10,19H. The van der Waals surface area contributed by atoms with Gasteiger partial charge >= 0.3 is 0 Å². The molecule has 0 radical (unpaired) electrons. The van der Waals surface area contributed by atoms with Crippen LogP contribution in [-0.2, 0) is 0 Å². The lowest BCUT2D eigenvalue weighted by molar-refractivity contribution is 1.31. The number of nitrogens with one attached hydrogen (secondary N) is 1. The van der Waals surface area contributed by atoms with E-state index in [-0.39, 0.29) is 0 Å². The molecular weight excluding hydrogens is 234 g/mol. The Labute approximate surface area is 110 Å². The van der Waals surface area contributed by atoms with Crippen molar-refractivity contribution in [2.75, 3.05) is 0 Å². The van der Waals surface area contributed by atoms with Gasteiger partial charge in [0, 0.05) is 40.6 Å². The molecular formula is C16H11N3. The molecule has 3 nitrogen and oxygen atoms in total. The van der Waals surface area contributed by atoms with Crippen molar-refractivity contribution in [1.82, 2.24) is 15.0 Å². The monoisotopic (exact) mass is 245 g/mol. The van der Waals surface area contributed by atoms with E-state index in [1.54, 1.807) is 6.20 Å². The van der Waals surface area contributed by atoms with Crippen LogP contribution in [0.4, 0.5) is 0 Å². The van der Waals surface area contributed by atoms with Gasteiger partial charge in [-0.2, -0.15) is 0 Å². The zero-order valence-corrected chi connectivity index (χ0v) is 10.2. The summed E-state index contributed by atoms with van der Waals surface area (Å²) >= 11 is 0. The molecule has 0 bridgehead atoms. The highest BCUT2D eigenvalue weighted by Crippen LogP contribution is 2.27. The molecule has 0 saturated heterocycles. The Morgan fingerprint density at radius 3 is 2.68 bits per heavy atom. The number of rotatable bonds is 1. The summed E-state index contributed by atoms with van der Waals surface area (Å²) in [5.74, 6) is 0. The summed E-state index contributed by atoms with van der Waals surface area (Å²) in [6, 6.07) is 14.4. The Morgan fingerprint density at radius 2 is 1.79 bits per heavy atom. The van der Waals surface area contributed by atoms with Crippen LogP contribution in [-0.4, -0.2) is 15.0 Å². The van der Waals surface area contributed by atoms with E-state index in [1.807, 2.05) is 30.6 Å². The summed E-state index contributed by atoms with van der Waals surface area (Å²) in [7, 11) is 0. The third kappa shape index (κ3) is 1.59. The third-order valence-electron chi connectivity index (χ3n) is 3.34. The topological polar surface area (TPSA) is 41.6 Å². The minimum Gasteiger partial charge on any atom is -0.353 e. The summed E-state index contributed by atoms with van der Waals surface area (Å²) in [5.41, 5.74) is 4.25. The molecule has 0 unspecified atom stereocenters. The van der Waals surface area contributed by atoms with E-state index in [2.05, 4.69) is 39.2 Å². The molecule has 19 heavy (non-hydrogen) atoms. The van der Waals surface area contributed by atoms with Crippen molar-refractivity contribution in [3.63, 3.8) is 0 Å². The average molecular weight is 245 g/mol. The summed E-state index contributed by atoms with van der Waals surface area (Å²) in [5, 5.41) is 2.32. The van der Waals surface area contributed by atoms with Crippen molar-refractivity contribution in [3.05, 3.63) is 61.1 Å². The number of benzene rings is 1. The number of H-pyrrole nitrogens is 1. The molecule has 0 aliphatic heterocycles.